The van der Waals surface area contributed by atoms with E-state index >= 15 is 0 Å². The van der Waals surface area contributed by atoms with Crippen LogP contribution >= 0.6 is 0 Å². The van der Waals surface area contributed by atoms with Gasteiger partial charge in [0.25, 0.3) is 0 Å². The van der Waals surface area contributed by atoms with Crippen LogP contribution in [0.5, 0.6) is 5.75 Å². The van der Waals surface area contributed by atoms with Crippen molar-refractivity contribution < 1.29 is 4.74 Å². The molecule has 0 aliphatic rings. The summed E-state index contributed by atoms with van der Waals surface area (Å²) in [5, 5.41) is 7.49. The summed E-state index contributed by atoms with van der Waals surface area (Å²) in [6, 6.07) is 14.8. The average molecular weight is 307 g/mol. The second-order valence-electron chi connectivity index (χ2n) is 5.43. The molecule has 1 radical (unpaired) electrons. The summed E-state index contributed by atoms with van der Waals surface area (Å²) in [7, 11) is 1.90. The fourth-order valence-electron chi connectivity index (χ4n) is 2.23. The monoisotopic (exact) mass is 307 g/mol. The number of nitrogens with zero attached hydrogens (tertiary/aromatic N) is 3. The molecule has 0 aliphatic heterocycles. The first-order valence-corrected chi connectivity index (χ1v) is 7.51. The number of hydrogen-bond acceptors (Lipinski definition) is 4. The van der Waals surface area contributed by atoms with E-state index in [2.05, 4.69) is 28.4 Å². The Kier molecular flexibility index (Phi) is 4.57. The van der Waals surface area contributed by atoms with Crippen LogP contribution in [0.2, 0.25) is 0 Å². The Morgan fingerprint density at radius 1 is 1.30 bits per heavy atom. The lowest BCUT2D eigenvalue weighted by Crippen LogP contribution is -2.23. The summed E-state index contributed by atoms with van der Waals surface area (Å²) in [5.74, 6) is 1.64. The third-order valence-electron chi connectivity index (χ3n) is 3.36. The lowest BCUT2D eigenvalue weighted by Gasteiger charge is -2.15. The molecule has 1 unspecified atom stereocenters. The summed E-state index contributed by atoms with van der Waals surface area (Å²) >= 11 is 0. The second-order valence-corrected chi connectivity index (χ2v) is 5.43. The van der Waals surface area contributed by atoms with Crippen LogP contribution in [0.4, 0.5) is 5.82 Å². The van der Waals surface area contributed by atoms with Gasteiger partial charge in [0.1, 0.15) is 18.2 Å². The first-order chi connectivity index (χ1) is 11.2. The molecule has 0 fully saturated rings. The maximum atomic E-state index is 5.86. The summed E-state index contributed by atoms with van der Waals surface area (Å²) in [6.45, 7) is 2.60. The molecule has 0 bridgehead atoms. The molecule has 5 heteroatoms. The molecule has 1 atom stereocenters. The molecule has 1 aromatic carbocycles. The van der Waals surface area contributed by atoms with Crippen molar-refractivity contribution in [2.45, 2.75) is 13.0 Å². The number of nitrogens with one attached hydrogen (secondary N) is 1. The number of anilines is 1. The Balaban J connectivity index is 1.60. The number of rotatable bonds is 6. The minimum Gasteiger partial charge on any atom is -0.491 e. The highest BCUT2D eigenvalue weighted by Crippen LogP contribution is 2.23. The largest absolute Gasteiger partial charge is 0.491 e. The van der Waals surface area contributed by atoms with Gasteiger partial charge in [-0.25, -0.2) is 4.98 Å². The summed E-state index contributed by atoms with van der Waals surface area (Å²) in [6.07, 6.45) is 5.57. The van der Waals surface area contributed by atoms with Crippen molar-refractivity contribution >= 4 is 5.82 Å². The SMILES string of the molecule is CC(COc1c[c]cc(-c2cnn(C)c2)c1)Nc1ccccn1. The van der Waals surface area contributed by atoms with E-state index < -0.39 is 0 Å². The van der Waals surface area contributed by atoms with Gasteiger partial charge in [-0.1, -0.05) is 6.07 Å². The Hall–Kier alpha value is -2.82. The lowest BCUT2D eigenvalue weighted by molar-refractivity contribution is 0.304. The van der Waals surface area contributed by atoms with Gasteiger partial charge in [0, 0.05) is 25.0 Å². The predicted octanol–water partition coefficient (Wildman–Crippen LogP) is 3.16. The minimum atomic E-state index is 0.145. The van der Waals surface area contributed by atoms with Crippen molar-refractivity contribution in [2.75, 3.05) is 11.9 Å². The zero-order valence-electron chi connectivity index (χ0n) is 13.2. The van der Waals surface area contributed by atoms with E-state index in [4.69, 9.17) is 4.74 Å². The topological polar surface area (TPSA) is 52.0 Å². The maximum Gasteiger partial charge on any atom is 0.126 e. The summed E-state index contributed by atoms with van der Waals surface area (Å²) < 4.78 is 7.64. The van der Waals surface area contributed by atoms with E-state index in [9.17, 15) is 0 Å². The van der Waals surface area contributed by atoms with Gasteiger partial charge in [0.2, 0.25) is 0 Å². The van der Waals surface area contributed by atoms with Gasteiger partial charge in [0.05, 0.1) is 12.2 Å². The van der Waals surface area contributed by atoms with Gasteiger partial charge >= 0.3 is 0 Å². The van der Waals surface area contributed by atoms with Crippen LogP contribution < -0.4 is 10.1 Å². The molecule has 23 heavy (non-hydrogen) atoms. The molecule has 0 amide bonds. The van der Waals surface area contributed by atoms with E-state index in [0.29, 0.717) is 6.61 Å². The fraction of sp³-hybridized carbons (Fsp3) is 0.222. The zero-order valence-corrected chi connectivity index (χ0v) is 13.2. The zero-order chi connectivity index (χ0) is 16.1. The third kappa shape index (κ3) is 4.10. The smallest absolute Gasteiger partial charge is 0.126 e. The van der Waals surface area contributed by atoms with Gasteiger partial charge in [-0.05, 0) is 48.9 Å². The number of aryl methyl sites for hydroxylation is 1. The number of pyridine rings is 1. The number of hydrogen-bond donors (Lipinski definition) is 1. The van der Waals surface area contributed by atoms with E-state index in [1.807, 2.05) is 55.8 Å². The van der Waals surface area contributed by atoms with Crippen LogP contribution in [0.1, 0.15) is 6.92 Å². The van der Waals surface area contributed by atoms with Crippen molar-refractivity contribution in [2.24, 2.45) is 7.05 Å². The molecule has 0 saturated heterocycles. The molecule has 3 rings (SSSR count). The number of benzene rings is 1. The van der Waals surface area contributed by atoms with Crippen LogP contribution in [-0.4, -0.2) is 27.4 Å². The Morgan fingerprint density at radius 3 is 2.96 bits per heavy atom. The average Bonchev–Trinajstić information content (AvgIpc) is 3.01. The Morgan fingerprint density at radius 2 is 2.22 bits per heavy atom. The van der Waals surface area contributed by atoms with Crippen molar-refractivity contribution in [3.05, 3.63) is 61.1 Å². The van der Waals surface area contributed by atoms with Crippen molar-refractivity contribution in [3.63, 3.8) is 0 Å². The molecule has 117 valence electrons. The quantitative estimate of drug-likeness (QED) is 0.760. The van der Waals surface area contributed by atoms with E-state index in [-0.39, 0.29) is 6.04 Å². The molecule has 0 saturated carbocycles. The number of ether oxygens (including phenoxy) is 1. The van der Waals surface area contributed by atoms with Crippen LogP contribution in [0.3, 0.4) is 0 Å². The van der Waals surface area contributed by atoms with E-state index in [1.54, 1.807) is 10.9 Å². The van der Waals surface area contributed by atoms with Gasteiger partial charge < -0.3 is 10.1 Å². The van der Waals surface area contributed by atoms with Crippen molar-refractivity contribution in [1.82, 2.24) is 14.8 Å². The molecular weight excluding hydrogens is 288 g/mol. The number of aromatic nitrogens is 3. The Bertz CT molecular complexity index is 754. The Labute approximate surface area is 135 Å². The van der Waals surface area contributed by atoms with E-state index in [0.717, 1.165) is 22.7 Å². The van der Waals surface area contributed by atoms with Crippen molar-refractivity contribution in [3.8, 4) is 16.9 Å². The standard InChI is InChI=1S/C18H19N4O/c1-14(21-18-8-3-4-9-19-18)13-23-17-7-5-6-15(10-17)16-11-20-22(2)12-16/h3-4,6-12,14H,13H2,1-2H3,(H,19,21). The predicted molar refractivity (Wildman–Crippen MR) is 90.3 cm³/mol. The molecule has 0 aliphatic carbocycles. The highest BCUT2D eigenvalue weighted by molar-refractivity contribution is 5.63. The molecule has 3 aromatic rings. The normalized spacial score (nSPS) is 11.9. The molecular formula is C18H19N4O. The summed E-state index contributed by atoms with van der Waals surface area (Å²) in [4.78, 5) is 4.25. The highest BCUT2D eigenvalue weighted by Gasteiger charge is 2.06. The highest BCUT2D eigenvalue weighted by atomic mass is 16.5. The molecule has 0 spiro atoms. The first kappa shape index (κ1) is 15.1. The summed E-state index contributed by atoms with van der Waals surface area (Å²) in [5.41, 5.74) is 2.09. The molecule has 2 aromatic heterocycles. The van der Waals surface area contributed by atoms with Crippen molar-refractivity contribution in [1.29, 1.82) is 0 Å². The maximum absolute atomic E-state index is 5.86. The van der Waals surface area contributed by atoms with Gasteiger partial charge in [-0.15, -0.1) is 0 Å². The fourth-order valence-corrected chi connectivity index (χ4v) is 2.23. The van der Waals surface area contributed by atoms with Gasteiger partial charge in [-0.2, -0.15) is 5.10 Å². The molecule has 2 heterocycles. The van der Waals surface area contributed by atoms with Crippen LogP contribution in [0.25, 0.3) is 11.1 Å². The molecule has 1 N–H and O–H groups in total. The molecule has 5 nitrogen and oxygen atoms in total. The van der Waals surface area contributed by atoms with Crippen LogP contribution in [-0.2, 0) is 7.05 Å². The van der Waals surface area contributed by atoms with E-state index in [1.165, 1.54) is 0 Å². The third-order valence-corrected chi connectivity index (χ3v) is 3.36. The minimum absolute atomic E-state index is 0.145. The van der Waals surface area contributed by atoms with Crippen LogP contribution in [0, 0.1) is 6.07 Å². The second kappa shape index (κ2) is 6.96. The first-order valence-electron chi connectivity index (χ1n) is 7.51. The van der Waals surface area contributed by atoms with Gasteiger partial charge in [0.15, 0.2) is 0 Å². The van der Waals surface area contributed by atoms with Crippen LogP contribution in [0.15, 0.2) is 55.0 Å². The lowest BCUT2D eigenvalue weighted by atomic mass is 10.1. The van der Waals surface area contributed by atoms with Gasteiger partial charge in [-0.3, -0.25) is 4.68 Å².